The van der Waals surface area contributed by atoms with Crippen molar-refractivity contribution in [3.8, 4) is 0 Å². The van der Waals surface area contributed by atoms with E-state index in [2.05, 4.69) is 39.6 Å². The van der Waals surface area contributed by atoms with Crippen molar-refractivity contribution in [3.63, 3.8) is 0 Å². The summed E-state index contributed by atoms with van der Waals surface area (Å²) < 4.78 is 6.51. The molecule has 0 spiro atoms. The zero-order valence-electron chi connectivity index (χ0n) is 15.5. The Morgan fingerprint density at radius 3 is 1.95 bits per heavy atom. The van der Waals surface area contributed by atoms with Gasteiger partial charge in [0.2, 0.25) is 0 Å². The maximum atomic E-state index is 13.0. The summed E-state index contributed by atoms with van der Waals surface area (Å²) in [6, 6.07) is 0. The average molecular weight is 325 g/mol. The summed E-state index contributed by atoms with van der Waals surface area (Å²) in [6.45, 7) is 10.7. The standard InChI is InChI=1S/C19H36O2Si/c1-17(2)16-19(21-22(3,4)5)15-13-11-9-7-6-8-10-12-14-18(19)20/h16H,6-15H2,1-5H3. The first-order valence-corrected chi connectivity index (χ1v) is 12.6. The van der Waals surface area contributed by atoms with Crippen LogP contribution in [0.25, 0.3) is 0 Å². The number of carbonyl (C=O) groups is 1. The van der Waals surface area contributed by atoms with Crippen LogP contribution in [0.3, 0.4) is 0 Å². The highest BCUT2D eigenvalue weighted by atomic mass is 28.4. The van der Waals surface area contributed by atoms with Gasteiger partial charge in [-0.15, -0.1) is 0 Å². The molecular weight excluding hydrogens is 288 g/mol. The highest BCUT2D eigenvalue weighted by molar-refractivity contribution is 6.70. The average Bonchev–Trinajstić information content (AvgIpc) is 2.36. The summed E-state index contributed by atoms with van der Waals surface area (Å²) in [4.78, 5) is 13.0. The Bertz CT molecular complexity index is 377. The van der Waals surface area contributed by atoms with E-state index in [4.69, 9.17) is 4.43 Å². The fourth-order valence-electron chi connectivity index (χ4n) is 3.39. The molecule has 1 rings (SSSR count). The molecule has 0 aromatic heterocycles. The summed E-state index contributed by atoms with van der Waals surface area (Å²) >= 11 is 0. The topological polar surface area (TPSA) is 26.3 Å². The van der Waals surface area contributed by atoms with Crippen LogP contribution >= 0.6 is 0 Å². The summed E-state index contributed by atoms with van der Waals surface area (Å²) in [5, 5.41) is 0. The molecule has 22 heavy (non-hydrogen) atoms. The summed E-state index contributed by atoms with van der Waals surface area (Å²) in [6.07, 6.45) is 13.4. The van der Waals surface area contributed by atoms with Crippen LogP contribution in [0.5, 0.6) is 0 Å². The highest BCUT2D eigenvalue weighted by Crippen LogP contribution is 2.31. The van der Waals surface area contributed by atoms with E-state index in [1.807, 2.05) is 0 Å². The van der Waals surface area contributed by atoms with Crippen LogP contribution < -0.4 is 0 Å². The van der Waals surface area contributed by atoms with E-state index < -0.39 is 13.9 Å². The number of allylic oxidation sites excluding steroid dienone is 1. The van der Waals surface area contributed by atoms with Crippen molar-refractivity contribution in [1.82, 2.24) is 0 Å². The second-order valence-corrected chi connectivity index (χ2v) is 12.5. The van der Waals surface area contributed by atoms with Gasteiger partial charge in [0.25, 0.3) is 0 Å². The van der Waals surface area contributed by atoms with Gasteiger partial charge in [-0.3, -0.25) is 4.79 Å². The minimum absolute atomic E-state index is 0.316. The van der Waals surface area contributed by atoms with Crippen molar-refractivity contribution < 1.29 is 9.22 Å². The lowest BCUT2D eigenvalue weighted by Crippen LogP contribution is -2.47. The number of rotatable bonds is 3. The molecule has 1 saturated carbocycles. The molecule has 0 N–H and O–H groups in total. The molecule has 0 amide bonds. The SMILES string of the molecule is CC(C)=CC1(O[Si](C)(C)C)CCCCCCCCCCC1=O. The normalized spacial score (nSPS) is 26.0. The van der Waals surface area contributed by atoms with Gasteiger partial charge in [0, 0.05) is 6.42 Å². The smallest absolute Gasteiger partial charge is 0.185 e. The molecule has 128 valence electrons. The summed E-state index contributed by atoms with van der Waals surface area (Å²) in [5.41, 5.74) is 0.543. The van der Waals surface area contributed by atoms with Crippen molar-refractivity contribution >= 4 is 14.1 Å². The van der Waals surface area contributed by atoms with E-state index in [-0.39, 0.29) is 0 Å². The van der Waals surface area contributed by atoms with E-state index in [9.17, 15) is 4.79 Å². The largest absolute Gasteiger partial charge is 0.402 e. The molecule has 1 fully saturated rings. The van der Waals surface area contributed by atoms with Gasteiger partial charge in [-0.05, 0) is 58.8 Å². The lowest BCUT2D eigenvalue weighted by molar-refractivity contribution is -0.132. The molecule has 3 heteroatoms. The van der Waals surface area contributed by atoms with Crippen LogP contribution in [0.2, 0.25) is 19.6 Å². The maximum absolute atomic E-state index is 13.0. The molecule has 0 aromatic carbocycles. The molecule has 1 aliphatic rings. The lowest BCUT2D eigenvalue weighted by Gasteiger charge is -2.37. The fraction of sp³-hybridized carbons (Fsp3) is 0.842. The molecule has 1 aliphatic carbocycles. The third-order valence-electron chi connectivity index (χ3n) is 4.18. The molecule has 1 atom stereocenters. The Kier molecular flexibility index (Phi) is 8.05. The number of ketones is 1. The Hall–Kier alpha value is -0.413. The Balaban J connectivity index is 3.00. The molecular formula is C19H36O2Si. The maximum Gasteiger partial charge on any atom is 0.185 e. The van der Waals surface area contributed by atoms with Crippen molar-refractivity contribution in [2.75, 3.05) is 0 Å². The van der Waals surface area contributed by atoms with E-state index >= 15 is 0 Å². The van der Waals surface area contributed by atoms with E-state index in [0.717, 1.165) is 19.3 Å². The van der Waals surface area contributed by atoms with Crippen molar-refractivity contribution in [2.45, 2.75) is 103 Å². The van der Waals surface area contributed by atoms with Crippen LogP contribution in [0, 0.1) is 0 Å². The lowest BCUT2D eigenvalue weighted by atomic mass is 9.86. The van der Waals surface area contributed by atoms with Gasteiger partial charge in [0.1, 0.15) is 5.60 Å². The monoisotopic (exact) mass is 324 g/mol. The number of hydrogen-bond acceptors (Lipinski definition) is 2. The first kappa shape index (κ1) is 19.6. The molecule has 0 heterocycles. The third-order valence-corrected chi connectivity index (χ3v) is 5.16. The van der Waals surface area contributed by atoms with Gasteiger partial charge < -0.3 is 4.43 Å². The Morgan fingerprint density at radius 1 is 0.955 bits per heavy atom. The minimum atomic E-state index is -1.78. The van der Waals surface area contributed by atoms with Gasteiger partial charge in [-0.2, -0.15) is 0 Å². The molecule has 0 aromatic rings. The quantitative estimate of drug-likeness (QED) is 0.468. The first-order valence-electron chi connectivity index (χ1n) is 9.15. The molecule has 0 radical (unpaired) electrons. The predicted molar refractivity (Wildman–Crippen MR) is 97.8 cm³/mol. The number of Topliss-reactive ketones (excluding diaryl/α,β-unsaturated/α-hetero) is 1. The zero-order chi connectivity index (χ0) is 16.6. The zero-order valence-corrected chi connectivity index (χ0v) is 16.5. The van der Waals surface area contributed by atoms with E-state index in [1.165, 1.54) is 44.1 Å². The van der Waals surface area contributed by atoms with Crippen LogP contribution in [0.15, 0.2) is 11.6 Å². The van der Waals surface area contributed by atoms with Gasteiger partial charge in [-0.1, -0.05) is 44.1 Å². The molecule has 0 saturated heterocycles. The number of carbonyl (C=O) groups excluding carboxylic acids is 1. The van der Waals surface area contributed by atoms with Crippen LogP contribution in [-0.4, -0.2) is 19.7 Å². The van der Waals surface area contributed by atoms with E-state index in [0.29, 0.717) is 12.2 Å². The number of hydrogen-bond donors (Lipinski definition) is 0. The summed E-state index contributed by atoms with van der Waals surface area (Å²) in [7, 11) is -1.78. The predicted octanol–water partition coefficient (Wildman–Crippen LogP) is 6.03. The van der Waals surface area contributed by atoms with Gasteiger partial charge in [0.05, 0.1) is 0 Å². The minimum Gasteiger partial charge on any atom is -0.402 e. The second kappa shape index (κ2) is 9.02. The highest BCUT2D eigenvalue weighted by Gasteiger charge is 2.39. The molecule has 2 nitrogen and oxygen atoms in total. The van der Waals surface area contributed by atoms with Gasteiger partial charge >= 0.3 is 0 Å². The van der Waals surface area contributed by atoms with Crippen LogP contribution in [0.1, 0.15) is 78.1 Å². The first-order chi connectivity index (χ1) is 10.3. The Morgan fingerprint density at radius 2 is 1.45 bits per heavy atom. The van der Waals surface area contributed by atoms with Crippen molar-refractivity contribution in [1.29, 1.82) is 0 Å². The van der Waals surface area contributed by atoms with Crippen LogP contribution in [0.4, 0.5) is 0 Å². The third kappa shape index (κ3) is 7.23. The van der Waals surface area contributed by atoms with Crippen molar-refractivity contribution in [2.24, 2.45) is 0 Å². The molecule has 0 aliphatic heterocycles. The van der Waals surface area contributed by atoms with Crippen LogP contribution in [-0.2, 0) is 9.22 Å². The summed E-state index contributed by atoms with van der Waals surface area (Å²) in [5.74, 6) is 0.316. The molecule has 1 unspecified atom stereocenters. The molecule has 0 bridgehead atoms. The fourth-order valence-corrected chi connectivity index (χ4v) is 4.76. The van der Waals surface area contributed by atoms with E-state index in [1.54, 1.807) is 0 Å². The van der Waals surface area contributed by atoms with Crippen molar-refractivity contribution in [3.05, 3.63) is 11.6 Å². The van der Waals surface area contributed by atoms with Gasteiger partial charge in [-0.25, -0.2) is 0 Å². The Labute approximate surface area is 138 Å². The van der Waals surface area contributed by atoms with Gasteiger partial charge in [0.15, 0.2) is 14.1 Å². The second-order valence-electron chi connectivity index (χ2n) is 8.08.